The lowest BCUT2D eigenvalue weighted by molar-refractivity contribution is -0.0431. The number of benzene rings is 1. The maximum Gasteiger partial charge on any atom is 0.285 e. The molecule has 0 unspecified atom stereocenters. The normalized spacial score (nSPS) is 20.0. The lowest BCUT2D eigenvalue weighted by Crippen LogP contribution is -2.48. The van der Waals surface area contributed by atoms with Crippen molar-refractivity contribution in [3.8, 4) is 0 Å². The molecule has 0 spiro atoms. The molecule has 2 N–H and O–H groups in total. The monoisotopic (exact) mass is 300 g/mol. The Morgan fingerprint density at radius 3 is 2.35 bits per heavy atom. The van der Waals surface area contributed by atoms with E-state index in [-0.39, 0.29) is 16.9 Å². The van der Waals surface area contributed by atoms with Crippen molar-refractivity contribution >= 4 is 11.8 Å². The maximum absolute atomic E-state index is 14.2. The Balaban J connectivity index is 1.95. The second-order valence-corrected chi connectivity index (χ2v) is 6.71. The van der Waals surface area contributed by atoms with Crippen LogP contribution in [0.5, 0.6) is 0 Å². The topological polar surface area (TPSA) is 29.3 Å². The molecule has 1 aromatic carbocycles. The van der Waals surface area contributed by atoms with E-state index in [0.717, 1.165) is 12.8 Å². The van der Waals surface area contributed by atoms with Crippen molar-refractivity contribution in [3.63, 3.8) is 0 Å². The summed E-state index contributed by atoms with van der Waals surface area (Å²) in [7, 11) is 0. The zero-order valence-electron chi connectivity index (χ0n) is 11.8. The first-order valence-corrected chi connectivity index (χ1v) is 8.15. The van der Waals surface area contributed by atoms with Crippen molar-refractivity contribution in [1.29, 1.82) is 0 Å². The smallest absolute Gasteiger partial charge is 0.285 e. The van der Waals surface area contributed by atoms with E-state index in [1.54, 1.807) is 30.0 Å². The fourth-order valence-corrected chi connectivity index (χ4v) is 3.42. The highest BCUT2D eigenvalue weighted by Crippen LogP contribution is 2.35. The molecule has 1 aliphatic heterocycles. The number of hydrogen-bond acceptors (Lipinski definition) is 3. The van der Waals surface area contributed by atoms with Crippen molar-refractivity contribution in [1.82, 2.24) is 4.90 Å². The lowest BCUT2D eigenvalue weighted by atomic mass is 9.95. The summed E-state index contributed by atoms with van der Waals surface area (Å²) < 4.78 is 28.5. The van der Waals surface area contributed by atoms with Gasteiger partial charge in [-0.05, 0) is 32.2 Å². The van der Waals surface area contributed by atoms with Crippen LogP contribution in [0, 0.1) is 0 Å². The maximum atomic E-state index is 14.2. The van der Waals surface area contributed by atoms with E-state index in [9.17, 15) is 8.78 Å². The van der Waals surface area contributed by atoms with Gasteiger partial charge in [0.2, 0.25) is 0 Å². The quantitative estimate of drug-likeness (QED) is 0.906. The van der Waals surface area contributed by atoms with Crippen LogP contribution in [0.4, 0.5) is 8.78 Å². The molecule has 0 bridgehead atoms. The summed E-state index contributed by atoms with van der Waals surface area (Å²) in [5, 5.41) is 0. The van der Waals surface area contributed by atoms with E-state index >= 15 is 0 Å². The van der Waals surface area contributed by atoms with Gasteiger partial charge < -0.3 is 5.73 Å². The average molecular weight is 300 g/mol. The Hall–Kier alpha value is -0.650. The fourth-order valence-electron chi connectivity index (χ4n) is 2.66. The first-order valence-electron chi connectivity index (χ1n) is 6.92. The molecule has 1 aromatic rings. The Labute approximate surface area is 123 Å². The van der Waals surface area contributed by atoms with E-state index in [4.69, 9.17) is 5.73 Å². The van der Waals surface area contributed by atoms with Gasteiger partial charge in [-0.15, -0.1) is 0 Å². The van der Waals surface area contributed by atoms with Crippen LogP contribution in [0.1, 0.15) is 18.4 Å². The molecule has 0 aliphatic carbocycles. The summed E-state index contributed by atoms with van der Waals surface area (Å²) in [6.07, 6.45) is 3.83. The number of likely N-dealkylation sites (tertiary alicyclic amines) is 1. The van der Waals surface area contributed by atoms with E-state index in [0.29, 0.717) is 19.6 Å². The molecule has 1 fully saturated rings. The van der Waals surface area contributed by atoms with Crippen LogP contribution >= 0.6 is 11.8 Å². The number of piperidine rings is 1. The van der Waals surface area contributed by atoms with Gasteiger partial charge in [-0.1, -0.05) is 30.3 Å². The summed E-state index contributed by atoms with van der Waals surface area (Å²) in [6, 6.07) is 8.07. The number of hydrogen-bond donors (Lipinski definition) is 1. The highest BCUT2D eigenvalue weighted by Gasteiger charge is 2.38. The predicted octanol–water partition coefficient (Wildman–Crippen LogP) is 2.93. The Morgan fingerprint density at radius 1 is 1.25 bits per heavy atom. The van der Waals surface area contributed by atoms with Crippen LogP contribution in [0.15, 0.2) is 30.3 Å². The highest BCUT2D eigenvalue weighted by molar-refractivity contribution is 8.00. The number of nitrogens with two attached hydrogens (primary N) is 1. The highest BCUT2D eigenvalue weighted by atomic mass is 32.2. The van der Waals surface area contributed by atoms with E-state index < -0.39 is 5.92 Å². The van der Waals surface area contributed by atoms with Gasteiger partial charge >= 0.3 is 0 Å². The first kappa shape index (κ1) is 15.7. The number of nitrogens with zero attached hydrogens (tertiary/aromatic N) is 1. The van der Waals surface area contributed by atoms with Gasteiger partial charge in [0.15, 0.2) is 0 Å². The summed E-state index contributed by atoms with van der Waals surface area (Å²) in [6.45, 7) is 1.81. The van der Waals surface area contributed by atoms with E-state index in [2.05, 4.69) is 6.26 Å². The third kappa shape index (κ3) is 3.51. The van der Waals surface area contributed by atoms with Crippen LogP contribution in [0.25, 0.3) is 0 Å². The van der Waals surface area contributed by atoms with E-state index in [1.807, 2.05) is 4.90 Å². The van der Waals surface area contributed by atoms with Crippen LogP contribution < -0.4 is 5.73 Å². The molecule has 2 nitrogen and oxygen atoms in total. The van der Waals surface area contributed by atoms with Gasteiger partial charge in [0.1, 0.15) is 0 Å². The molecule has 0 radical (unpaired) electrons. The molecule has 5 heteroatoms. The number of alkyl halides is 2. The van der Waals surface area contributed by atoms with Crippen molar-refractivity contribution in [2.45, 2.75) is 23.5 Å². The molecule has 20 heavy (non-hydrogen) atoms. The Kier molecular flexibility index (Phi) is 5.04. The third-order valence-electron chi connectivity index (χ3n) is 4.19. The van der Waals surface area contributed by atoms with Gasteiger partial charge in [0.05, 0.1) is 6.54 Å². The van der Waals surface area contributed by atoms with Gasteiger partial charge in [0.25, 0.3) is 5.92 Å². The summed E-state index contributed by atoms with van der Waals surface area (Å²) in [5.74, 6) is -2.79. The molecule has 0 atom stereocenters. The Morgan fingerprint density at radius 2 is 1.85 bits per heavy atom. The second-order valence-electron chi connectivity index (χ2n) is 5.44. The third-order valence-corrected chi connectivity index (χ3v) is 5.63. The van der Waals surface area contributed by atoms with Crippen molar-refractivity contribution in [3.05, 3.63) is 35.9 Å². The average Bonchev–Trinajstić information content (AvgIpc) is 2.49. The molecule has 112 valence electrons. The molecule has 0 saturated carbocycles. The van der Waals surface area contributed by atoms with E-state index in [1.165, 1.54) is 12.1 Å². The largest absolute Gasteiger partial charge is 0.329 e. The summed E-state index contributed by atoms with van der Waals surface area (Å²) >= 11 is 1.77. The number of halogens is 2. The van der Waals surface area contributed by atoms with Crippen molar-refractivity contribution in [2.75, 3.05) is 32.4 Å². The lowest BCUT2D eigenvalue weighted by Gasteiger charge is -2.41. The molecule has 2 rings (SSSR count). The van der Waals surface area contributed by atoms with Gasteiger partial charge in [0, 0.05) is 16.9 Å². The molecule has 0 aromatic heterocycles. The van der Waals surface area contributed by atoms with Crippen LogP contribution in [-0.2, 0) is 5.92 Å². The molecule has 0 amide bonds. The standard InChI is InChI=1S/C15H22F2N2S/c1-20-14(11-18)7-9-19(10-8-14)12-15(16,17)13-5-3-2-4-6-13/h2-6H,7-12,18H2,1H3. The van der Waals surface area contributed by atoms with Gasteiger partial charge in [-0.2, -0.15) is 20.5 Å². The first-order chi connectivity index (χ1) is 9.51. The van der Waals surface area contributed by atoms with Crippen LogP contribution in [0.3, 0.4) is 0 Å². The molecular weight excluding hydrogens is 278 g/mol. The molecule has 1 saturated heterocycles. The van der Waals surface area contributed by atoms with Gasteiger partial charge in [-0.3, -0.25) is 4.90 Å². The van der Waals surface area contributed by atoms with Crippen molar-refractivity contribution < 1.29 is 8.78 Å². The zero-order chi connectivity index (χ0) is 14.6. The van der Waals surface area contributed by atoms with Gasteiger partial charge in [-0.25, -0.2) is 0 Å². The molecular formula is C15H22F2N2S. The number of thioether (sulfide) groups is 1. The number of rotatable bonds is 5. The summed E-state index contributed by atoms with van der Waals surface area (Å²) in [5.41, 5.74) is 5.92. The zero-order valence-corrected chi connectivity index (χ0v) is 12.6. The van der Waals surface area contributed by atoms with Crippen LogP contribution in [-0.4, -0.2) is 42.1 Å². The minimum atomic E-state index is -2.79. The molecule has 1 aliphatic rings. The minimum Gasteiger partial charge on any atom is -0.329 e. The van der Waals surface area contributed by atoms with Crippen LogP contribution in [0.2, 0.25) is 0 Å². The van der Waals surface area contributed by atoms with Crippen molar-refractivity contribution in [2.24, 2.45) is 5.73 Å². The summed E-state index contributed by atoms with van der Waals surface area (Å²) in [4.78, 5) is 1.86. The Bertz CT molecular complexity index is 411. The predicted molar refractivity (Wildman–Crippen MR) is 81.3 cm³/mol. The minimum absolute atomic E-state index is 0.0819. The SMILES string of the molecule is CSC1(CN)CCN(CC(F)(F)c2ccccc2)CC1. The molecule has 1 heterocycles. The second kappa shape index (κ2) is 6.41. The fraction of sp³-hybridized carbons (Fsp3) is 0.600.